The van der Waals surface area contributed by atoms with E-state index in [0.29, 0.717) is 17.1 Å². The van der Waals surface area contributed by atoms with Crippen molar-refractivity contribution in [3.63, 3.8) is 0 Å². The first-order chi connectivity index (χ1) is 15.6. The molecule has 1 amide bonds. The van der Waals surface area contributed by atoms with Gasteiger partial charge in [0.2, 0.25) is 0 Å². The van der Waals surface area contributed by atoms with E-state index < -0.39 is 11.4 Å². The first-order valence-electron chi connectivity index (χ1n) is 10.9. The summed E-state index contributed by atoms with van der Waals surface area (Å²) in [6, 6.07) is 9.90. The smallest absolute Gasteiger partial charge is 0.259 e. The van der Waals surface area contributed by atoms with Gasteiger partial charge in [0, 0.05) is 30.5 Å². The molecule has 0 N–H and O–H groups in total. The van der Waals surface area contributed by atoms with Crippen molar-refractivity contribution in [2.45, 2.75) is 45.3 Å². The quantitative estimate of drug-likeness (QED) is 0.465. The number of nitrogens with zero attached hydrogens (tertiary/aromatic N) is 4. The van der Waals surface area contributed by atoms with Crippen molar-refractivity contribution >= 4 is 40.3 Å². The third-order valence-electron chi connectivity index (χ3n) is 6.36. The Morgan fingerprint density at radius 1 is 1.15 bits per heavy atom. The van der Waals surface area contributed by atoms with Crippen LogP contribution in [0.3, 0.4) is 0 Å². The molecule has 6 nitrogen and oxygen atoms in total. The number of aryl methyl sites for hydroxylation is 1. The van der Waals surface area contributed by atoms with E-state index in [0.717, 1.165) is 31.5 Å². The Bertz CT molecular complexity index is 1150. The SMILES string of the molecule is [C-]#[N+]c1ccc(N2C(=O)C(C)(C)N(c3ccc(OC4CCN(C)CC4)c(F)c3)C2=S)cc1C. The summed E-state index contributed by atoms with van der Waals surface area (Å²) in [5, 5.41) is 0.267. The summed E-state index contributed by atoms with van der Waals surface area (Å²) in [4.78, 5) is 22.2. The Balaban J connectivity index is 1.61. The predicted molar refractivity (Wildman–Crippen MR) is 132 cm³/mol. The van der Waals surface area contributed by atoms with Gasteiger partial charge in [-0.05, 0) is 82.7 Å². The second-order valence-corrected chi connectivity index (χ2v) is 9.50. The highest BCUT2D eigenvalue weighted by Crippen LogP contribution is 2.38. The van der Waals surface area contributed by atoms with Crippen LogP contribution in [0.1, 0.15) is 32.3 Å². The van der Waals surface area contributed by atoms with Crippen molar-refractivity contribution < 1.29 is 13.9 Å². The molecule has 2 aromatic rings. The Morgan fingerprint density at radius 3 is 2.42 bits per heavy atom. The second kappa shape index (κ2) is 8.73. The Hall–Kier alpha value is -3.02. The third-order valence-corrected chi connectivity index (χ3v) is 6.73. The summed E-state index contributed by atoms with van der Waals surface area (Å²) in [5.41, 5.74) is 1.36. The Kier molecular flexibility index (Phi) is 6.12. The van der Waals surface area contributed by atoms with Crippen LogP contribution in [0.5, 0.6) is 5.75 Å². The van der Waals surface area contributed by atoms with Gasteiger partial charge in [0.05, 0.1) is 6.57 Å². The van der Waals surface area contributed by atoms with E-state index in [1.54, 1.807) is 49.1 Å². The van der Waals surface area contributed by atoms with Crippen molar-refractivity contribution in [2.75, 3.05) is 29.9 Å². The van der Waals surface area contributed by atoms with Gasteiger partial charge in [-0.2, -0.15) is 0 Å². The van der Waals surface area contributed by atoms with Crippen LogP contribution in [0.25, 0.3) is 4.85 Å². The number of carbonyl (C=O) groups is 1. The molecule has 0 saturated carbocycles. The average Bonchev–Trinajstić information content (AvgIpc) is 2.95. The fraction of sp³-hybridized carbons (Fsp3) is 0.400. The molecule has 0 aromatic heterocycles. The maximum Gasteiger partial charge on any atom is 0.259 e. The minimum Gasteiger partial charge on any atom is -0.487 e. The predicted octanol–water partition coefficient (Wildman–Crippen LogP) is 5.07. The van der Waals surface area contributed by atoms with Crippen LogP contribution in [0.4, 0.5) is 21.5 Å². The molecule has 2 aromatic carbocycles. The highest BCUT2D eigenvalue weighted by Gasteiger charge is 2.50. The van der Waals surface area contributed by atoms with Gasteiger partial charge in [0.1, 0.15) is 11.6 Å². The number of halogens is 1. The molecule has 0 radical (unpaired) electrons. The monoisotopic (exact) mass is 466 g/mol. The number of hydrogen-bond donors (Lipinski definition) is 0. The zero-order valence-electron chi connectivity index (χ0n) is 19.3. The van der Waals surface area contributed by atoms with Gasteiger partial charge in [0.25, 0.3) is 5.91 Å². The first-order valence-corrected chi connectivity index (χ1v) is 11.4. The van der Waals surface area contributed by atoms with Crippen LogP contribution in [-0.2, 0) is 4.79 Å². The number of ether oxygens (including phenoxy) is 1. The van der Waals surface area contributed by atoms with Gasteiger partial charge < -0.3 is 14.5 Å². The van der Waals surface area contributed by atoms with Gasteiger partial charge in [-0.3, -0.25) is 9.69 Å². The minimum absolute atomic E-state index is 0.00964. The van der Waals surface area contributed by atoms with Crippen molar-refractivity contribution in [2.24, 2.45) is 0 Å². The fourth-order valence-electron chi connectivity index (χ4n) is 4.37. The highest BCUT2D eigenvalue weighted by atomic mass is 32.1. The van der Waals surface area contributed by atoms with Gasteiger partial charge in [0.15, 0.2) is 22.4 Å². The minimum atomic E-state index is -1.01. The van der Waals surface area contributed by atoms with Crippen molar-refractivity contribution in [3.05, 3.63) is 59.2 Å². The van der Waals surface area contributed by atoms with E-state index in [1.165, 1.54) is 11.0 Å². The molecule has 0 aliphatic carbocycles. The summed E-state index contributed by atoms with van der Waals surface area (Å²) in [7, 11) is 2.07. The van der Waals surface area contributed by atoms with E-state index in [1.807, 2.05) is 6.92 Å². The largest absolute Gasteiger partial charge is 0.487 e. The molecular weight excluding hydrogens is 439 g/mol. The molecule has 0 spiro atoms. The van der Waals surface area contributed by atoms with Gasteiger partial charge in [-0.1, -0.05) is 6.07 Å². The van der Waals surface area contributed by atoms with E-state index in [9.17, 15) is 4.79 Å². The molecule has 4 rings (SSSR count). The fourth-order valence-corrected chi connectivity index (χ4v) is 4.89. The molecule has 0 bridgehead atoms. The van der Waals surface area contributed by atoms with Crippen LogP contribution >= 0.6 is 12.2 Å². The van der Waals surface area contributed by atoms with Crippen LogP contribution < -0.4 is 14.5 Å². The highest BCUT2D eigenvalue weighted by molar-refractivity contribution is 7.81. The number of thiocarbonyl (C=S) groups is 1. The summed E-state index contributed by atoms with van der Waals surface area (Å²) < 4.78 is 21.0. The third kappa shape index (κ3) is 4.19. The molecule has 2 aliphatic heterocycles. The molecular formula is C25H27FN4O2S. The molecule has 0 atom stereocenters. The maximum atomic E-state index is 15.0. The second-order valence-electron chi connectivity index (χ2n) is 9.14. The van der Waals surface area contributed by atoms with Crippen LogP contribution in [-0.4, -0.2) is 47.7 Å². The van der Waals surface area contributed by atoms with E-state index in [4.69, 9.17) is 23.5 Å². The number of anilines is 2. The average molecular weight is 467 g/mol. The molecule has 172 valence electrons. The van der Waals surface area contributed by atoms with Crippen molar-refractivity contribution in [1.82, 2.24) is 4.90 Å². The normalized spacial score (nSPS) is 19.2. The Labute approximate surface area is 199 Å². The van der Waals surface area contributed by atoms with Gasteiger partial charge >= 0.3 is 0 Å². The van der Waals surface area contributed by atoms with E-state index in [2.05, 4.69) is 16.8 Å². The van der Waals surface area contributed by atoms with Gasteiger partial charge in [-0.25, -0.2) is 9.24 Å². The molecule has 2 heterocycles. The number of hydrogen-bond acceptors (Lipinski definition) is 4. The topological polar surface area (TPSA) is 40.4 Å². The zero-order valence-corrected chi connectivity index (χ0v) is 20.1. The lowest BCUT2D eigenvalue weighted by Gasteiger charge is -2.31. The van der Waals surface area contributed by atoms with Crippen molar-refractivity contribution in [1.29, 1.82) is 0 Å². The number of benzene rings is 2. The first kappa shape index (κ1) is 23.1. The molecule has 33 heavy (non-hydrogen) atoms. The standard InChI is InChI=1S/C25H27FN4O2S/c1-16-14-17(6-8-21(16)27-4)29-23(31)25(2,3)30(24(29)33)18-7-9-22(20(26)15-18)32-19-10-12-28(5)13-11-19/h6-9,14-15,19H,10-13H2,1-3,5H3. The maximum absolute atomic E-state index is 15.0. The van der Waals surface area contributed by atoms with Gasteiger partial charge in [-0.15, -0.1) is 0 Å². The lowest BCUT2D eigenvalue weighted by Crippen LogP contribution is -2.44. The summed E-state index contributed by atoms with van der Waals surface area (Å²) in [6.07, 6.45) is 1.70. The molecule has 2 fully saturated rings. The zero-order chi connectivity index (χ0) is 23.9. The van der Waals surface area contributed by atoms with Crippen LogP contribution in [0, 0.1) is 19.3 Å². The van der Waals surface area contributed by atoms with E-state index in [-0.39, 0.29) is 22.9 Å². The van der Waals surface area contributed by atoms with Crippen molar-refractivity contribution in [3.8, 4) is 5.75 Å². The molecule has 2 saturated heterocycles. The number of carbonyl (C=O) groups excluding carboxylic acids is 1. The number of likely N-dealkylation sites (tertiary alicyclic amines) is 1. The van der Waals surface area contributed by atoms with E-state index >= 15 is 4.39 Å². The summed E-state index contributed by atoms with van der Waals surface area (Å²) >= 11 is 5.69. The number of amides is 1. The molecule has 8 heteroatoms. The molecule has 0 unspecified atom stereocenters. The Morgan fingerprint density at radius 2 is 1.82 bits per heavy atom. The van der Waals surface area contributed by atoms with Crippen LogP contribution in [0.15, 0.2) is 36.4 Å². The summed E-state index contributed by atoms with van der Waals surface area (Å²) in [5.74, 6) is -0.479. The summed E-state index contributed by atoms with van der Waals surface area (Å²) in [6.45, 7) is 14.4. The number of piperidine rings is 1. The lowest BCUT2D eigenvalue weighted by atomic mass is 10.0. The van der Waals surface area contributed by atoms with Crippen LogP contribution in [0.2, 0.25) is 0 Å². The number of rotatable bonds is 4. The lowest BCUT2D eigenvalue weighted by molar-refractivity contribution is -0.120. The molecule has 2 aliphatic rings.